The van der Waals surface area contributed by atoms with E-state index in [4.69, 9.17) is 4.74 Å². The molecule has 1 aliphatic rings. The molecule has 0 spiro atoms. The van der Waals surface area contributed by atoms with Crippen LogP contribution in [0.25, 0.3) is 0 Å². The van der Waals surface area contributed by atoms with Gasteiger partial charge in [-0.3, -0.25) is 4.90 Å². The number of carbonyl (C=O) groups is 1. The molecule has 2 aromatic rings. The Hall–Kier alpha value is -2.81. The molecular formula is C25H29NO3Si. The lowest BCUT2D eigenvalue weighted by Gasteiger charge is -2.32. The van der Waals surface area contributed by atoms with E-state index in [1.807, 2.05) is 60.7 Å². The minimum atomic E-state index is -1.72. The van der Waals surface area contributed by atoms with Crippen LogP contribution in [-0.2, 0) is 4.74 Å². The van der Waals surface area contributed by atoms with Crippen LogP contribution < -0.4 is 0 Å². The van der Waals surface area contributed by atoms with Crippen LogP contribution >= 0.6 is 0 Å². The number of carbonyl (C=O) groups excluding carboxylic acids is 1. The molecule has 0 unspecified atom stereocenters. The molecular weight excluding hydrogens is 390 g/mol. The van der Waals surface area contributed by atoms with Crippen LogP contribution in [0.3, 0.4) is 0 Å². The van der Waals surface area contributed by atoms with Crippen molar-refractivity contribution in [2.45, 2.75) is 50.4 Å². The Bertz CT molecular complexity index is 928. The maximum Gasteiger partial charge on any atom is 0.412 e. The fourth-order valence-electron chi connectivity index (χ4n) is 3.60. The van der Waals surface area contributed by atoms with Gasteiger partial charge in [-0.1, -0.05) is 92.3 Å². The molecule has 0 saturated carbocycles. The summed E-state index contributed by atoms with van der Waals surface area (Å²) in [7, 11) is -1.72. The number of ether oxygens (including phenoxy) is 1. The molecule has 1 N–H and O–H groups in total. The summed E-state index contributed by atoms with van der Waals surface area (Å²) in [4.78, 5) is 14.7. The summed E-state index contributed by atoms with van der Waals surface area (Å²) in [6.45, 7) is 10.2. The number of benzene rings is 2. The zero-order chi connectivity index (χ0) is 21.7. The number of nitrogens with zero attached hydrogens (tertiary/aromatic N) is 1. The highest BCUT2D eigenvalue weighted by Gasteiger charge is 2.48. The maximum atomic E-state index is 13.1. The van der Waals surface area contributed by atoms with Crippen LogP contribution in [0, 0.1) is 11.5 Å². The summed E-state index contributed by atoms with van der Waals surface area (Å²) in [6, 6.07) is 18.5. The van der Waals surface area contributed by atoms with Crippen LogP contribution in [0.5, 0.6) is 0 Å². The number of cyclic esters (lactones) is 1. The van der Waals surface area contributed by atoms with Crippen molar-refractivity contribution in [2.24, 2.45) is 0 Å². The van der Waals surface area contributed by atoms with Gasteiger partial charge in [-0.15, -0.1) is 12.1 Å². The lowest BCUT2D eigenvalue weighted by Crippen LogP contribution is -2.45. The third kappa shape index (κ3) is 5.02. The zero-order valence-corrected chi connectivity index (χ0v) is 18.8. The Morgan fingerprint density at radius 3 is 2.20 bits per heavy atom. The Balaban J connectivity index is 2.11. The molecule has 1 amide bonds. The molecule has 30 heavy (non-hydrogen) atoms. The van der Waals surface area contributed by atoms with Crippen molar-refractivity contribution in [3.8, 4) is 11.5 Å². The number of amides is 1. The van der Waals surface area contributed by atoms with Gasteiger partial charge in [0, 0.05) is 0 Å². The van der Waals surface area contributed by atoms with Gasteiger partial charge in [-0.05, 0) is 17.5 Å². The zero-order valence-electron chi connectivity index (χ0n) is 17.8. The molecule has 5 heteroatoms. The number of hydrogen-bond acceptors (Lipinski definition) is 3. The van der Waals surface area contributed by atoms with Crippen molar-refractivity contribution in [1.29, 1.82) is 0 Å². The average Bonchev–Trinajstić information content (AvgIpc) is 3.06. The van der Waals surface area contributed by atoms with E-state index in [2.05, 4.69) is 37.7 Å². The van der Waals surface area contributed by atoms with Gasteiger partial charge in [0.05, 0.1) is 6.10 Å². The summed E-state index contributed by atoms with van der Waals surface area (Å²) >= 11 is 0. The second kappa shape index (κ2) is 9.33. The van der Waals surface area contributed by atoms with E-state index in [0.29, 0.717) is 6.42 Å². The molecule has 0 aromatic heterocycles. The quantitative estimate of drug-likeness (QED) is 0.402. The van der Waals surface area contributed by atoms with Crippen molar-refractivity contribution in [3.05, 3.63) is 84.4 Å². The molecule has 0 radical (unpaired) electrons. The van der Waals surface area contributed by atoms with Crippen molar-refractivity contribution in [2.75, 3.05) is 0 Å². The summed E-state index contributed by atoms with van der Waals surface area (Å²) in [5.41, 5.74) is 5.19. The first-order valence-corrected chi connectivity index (χ1v) is 13.7. The third-order valence-corrected chi connectivity index (χ3v) is 5.86. The van der Waals surface area contributed by atoms with Crippen LogP contribution in [0.15, 0.2) is 73.3 Å². The normalized spacial score (nSPS) is 20.7. The molecule has 1 heterocycles. The third-order valence-electron chi connectivity index (χ3n) is 4.96. The van der Waals surface area contributed by atoms with E-state index in [9.17, 15) is 9.90 Å². The first-order chi connectivity index (χ1) is 14.3. The maximum absolute atomic E-state index is 13.1. The van der Waals surface area contributed by atoms with E-state index in [1.165, 1.54) is 0 Å². The molecule has 1 fully saturated rings. The second-order valence-corrected chi connectivity index (χ2v) is 13.3. The fourth-order valence-corrected chi connectivity index (χ4v) is 4.18. The van der Waals surface area contributed by atoms with Gasteiger partial charge in [0.25, 0.3) is 0 Å². The molecule has 1 aliphatic heterocycles. The summed E-state index contributed by atoms with van der Waals surface area (Å²) in [5, 5.41) is 10.9. The van der Waals surface area contributed by atoms with Gasteiger partial charge in [-0.25, -0.2) is 4.79 Å². The van der Waals surface area contributed by atoms with Crippen molar-refractivity contribution >= 4 is 14.2 Å². The van der Waals surface area contributed by atoms with E-state index in [-0.39, 0.29) is 6.04 Å². The van der Waals surface area contributed by atoms with Crippen LogP contribution in [0.2, 0.25) is 19.6 Å². The molecule has 2 aromatic carbocycles. The van der Waals surface area contributed by atoms with Gasteiger partial charge in [-0.2, -0.15) is 0 Å². The SMILES string of the molecule is C=CC[C@@H](O)[C@@H](C#C[Si](C)(C)C)N1C(=O)O[C@@H](c2ccccc2)[C@H]1c1ccccc1. The van der Waals surface area contributed by atoms with E-state index >= 15 is 0 Å². The monoisotopic (exact) mass is 419 g/mol. The van der Waals surface area contributed by atoms with Gasteiger partial charge >= 0.3 is 6.09 Å². The molecule has 156 valence electrons. The highest BCUT2D eigenvalue weighted by molar-refractivity contribution is 6.83. The predicted octanol–water partition coefficient (Wildman–Crippen LogP) is 5.11. The molecule has 4 nitrogen and oxygen atoms in total. The summed E-state index contributed by atoms with van der Waals surface area (Å²) in [5.74, 6) is 3.23. The number of rotatable bonds is 6. The summed E-state index contributed by atoms with van der Waals surface area (Å²) in [6.07, 6.45) is 0.205. The Morgan fingerprint density at radius 2 is 1.67 bits per heavy atom. The smallest absolute Gasteiger partial charge is 0.412 e. The van der Waals surface area contributed by atoms with E-state index in [0.717, 1.165) is 11.1 Å². The van der Waals surface area contributed by atoms with Gasteiger partial charge in [0.15, 0.2) is 6.10 Å². The van der Waals surface area contributed by atoms with Crippen LogP contribution in [0.1, 0.15) is 29.7 Å². The van der Waals surface area contributed by atoms with Gasteiger partial charge < -0.3 is 9.84 Å². The predicted molar refractivity (Wildman–Crippen MR) is 122 cm³/mol. The first kappa shape index (κ1) is 21.9. The first-order valence-electron chi connectivity index (χ1n) is 10.2. The standard InChI is InChI=1S/C25H29NO3Si/c1-5-12-22(27)21(17-18-30(2,3)4)26-23(19-13-8-6-9-14-19)24(29-25(26)28)20-15-10-7-11-16-20/h5-11,13-16,21-24,27H,1,12H2,2-4H3/t21-,22-,23-,24+/m1/s1. The molecule has 0 bridgehead atoms. The van der Waals surface area contributed by atoms with Crippen LogP contribution in [0.4, 0.5) is 4.79 Å². The van der Waals surface area contributed by atoms with Crippen molar-refractivity contribution in [1.82, 2.24) is 4.90 Å². The highest BCUT2D eigenvalue weighted by Crippen LogP contribution is 2.44. The van der Waals surface area contributed by atoms with Gasteiger partial charge in [0.1, 0.15) is 20.2 Å². The molecule has 4 atom stereocenters. The fraction of sp³-hybridized carbons (Fsp3) is 0.320. The lowest BCUT2D eigenvalue weighted by atomic mass is 9.93. The lowest BCUT2D eigenvalue weighted by molar-refractivity contribution is 0.0834. The number of hydrogen-bond donors (Lipinski definition) is 1. The van der Waals surface area contributed by atoms with Crippen molar-refractivity contribution in [3.63, 3.8) is 0 Å². The molecule has 3 rings (SSSR count). The van der Waals surface area contributed by atoms with Crippen molar-refractivity contribution < 1.29 is 14.6 Å². The average molecular weight is 420 g/mol. The number of aliphatic hydroxyl groups is 1. The Morgan fingerprint density at radius 1 is 1.10 bits per heavy atom. The molecule has 0 aliphatic carbocycles. The van der Waals surface area contributed by atoms with Gasteiger partial charge in [0.2, 0.25) is 0 Å². The minimum Gasteiger partial charge on any atom is -0.439 e. The largest absolute Gasteiger partial charge is 0.439 e. The minimum absolute atomic E-state index is 0.340. The Labute approximate surface area is 180 Å². The van der Waals surface area contributed by atoms with E-state index < -0.39 is 32.4 Å². The molecule has 1 saturated heterocycles. The van der Waals surface area contributed by atoms with E-state index in [1.54, 1.807) is 11.0 Å². The highest BCUT2D eigenvalue weighted by atomic mass is 28.3. The topological polar surface area (TPSA) is 49.8 Å². The number of aliphatic hydroxyl groups excluding tert-OH is 1. The van der Waals surface area contributed by atoms with Crippen LogP contribution in [-0.4, -0.2) is 36.3 Å². The summed E-state index contributed by atoms with van der Waals surface area (Å²) < 4.78 is 5.86. The Kier molecular flexibility index (Phi) is 6.81. The second-order valence-electron chi connectivity index (χ2n) is 8.53.